The average molecular weight is 297 g/mol. The van der Waals surface area contributed by atoms with E-state index in [0.717, 1.165) is 11.1 Å². The zero-order chi connectivity index (χ0) is 16.0. The van der Waals surface area contributed by atoms with Crippen molar-refractivity contribution >= 4 is 6.09 Å². The summed E-state index contributed by atoms with van der Waals surface area (Å²) in [5.74, 6) is 0.366. The Labute approximate surface area is 132 Å². The number of hydrogen-bond acceptors (Lipinski definition) is 2. The molecule has 1 amide bonds. The summed E-state index contributed by atoms with van der Waals surface area (Å²) in [6, 6.07) is 19.9. The van der Waals surface area contributed by atoms with Gasteiger partial charge in [-0.3, -0.25) is 0 Å². The van der Waals surface area contributed by atoms with E-state index in [9.17, 15) is 4.79 Å². The topological polar surface area (TPSA) is 38.3 Å². The third-order valence-corrected chi connectivity index (χ3v) is 3.65. The second-order valence-corrected chi connectivity index (χ2v) is 5.80. The van der Waals surface area contributed by atoms with E-state index < -0.39 is 11.7 Å². The zero-order valence-corrected chi connectivity index (χ0v) is 13.4. The molecule has 2 rings (SSSR count). The highest BCUT2D eigenvalue weighted by Gasteiger charge is 2.38. The van der Waals surface area contributed by atoms with E-state index in [1.54, 1.807) is 7.05 Å². The molecular weight excluding hydrogens is 274 g/mol. The lowest BCUT2D eigenvalue weighted by atomic mass is 9.80. The smallest absolute Gasteiger partial charge is 0.408 e. The Morgan fingerprint density at radius 1 is 1.00 bits per heavy atom. The molecule has 2 aromatic rings. The van der Waals surface area contributed by atoms with E-state index in [0.29, 0.717) is 12.3 Å². The summed E-state index contributed by atoms with van der Waals surface area (Å²) < 4.78 is 5.92. The molecule has 0 atom stereocenters. The molecule has 22 heavy (non-hydrogen) atoms. The predicted octanol–water partition coefficient (Wildman–Crippen LogP) is 4.33. The van der Waals surface area contributed by atoms with Gasteiger partial charge in [0.15, 0.2) is 5.60 Å². The van der Waals surface area contributed by atoms with E-state index in [1.807, 2.05) is 60.7 Å². The molecule has 0 unspecified atom stereocenters. The molecule has 116 valence electrons. The van der Waals surface area contributed by atoms with Crippen LogP contribution in [-0.4, -0.2) is 13.1 Å². The van der Waals surface area contributed by atoms with Gasteiger partial charge < -0.3 is 10.1 Å². The van der Waals surface area contributed by atoms with Crippen LogP contribution in [0.1, 0.15) is 31.4 Å². The fourth-order valence-electron chi connectivity index (χ4n) is 2.76. The molecular formula is C19H23NO2. The fourth-order valence-corrected chi connectivity index (χ4v) is 2.76. The summed E-state index contributed by atoms with van der Waals surface area (Å²) in [5.41, 5.74) is 1.19. The SMILES string of the molecule is CNC(=O)OC(CC(C)C)(c1ccccc1)c1ccccc1. The minimum Gasteiger partial charge on any atom is -0.433 e. The van der Waals surface area contributed by atoms with Gasteiger partial charge in [-0.15, -0.1) is 0 Å². The molecule has 0 heterocycles. The average Bonchev–Trinajstić information content (AvgIpc) is 2.55. The number of carbonyl (C=O) groups excluding carboxylic acids is 1. The van der Waals surface area contributed by atoms with Crippen LogP contribution in [0.25, 0.3) is 0 Å². The third-order valence-electron chi connectivity index (χ3n) is 3.65. The van der Waals surface area contributed by atoms with Gasteiger partial charge in [-0.2, -0.15) is 0 Å². The first-order valence-electron chi connectivity index (χ1n) is 7.60. The van der Waals surface area contributed by atoms with Gasteiger partial charge in [0.2, 0.25) is 0 Å². The predicted molar refractivity (Wildman–Crippen MR) is 88.7 cm³/mol. The van der Waals surface area contributed by atoms with Crippen molar-refractivity contribution in [3.8, 4) is 0 Å². The molecule has 0 bridgehead atoms. The Hall–Kier alpha value is -2.29. The second kappa shape index (κ2) is 7.12. The van der Waals surface area contributed by atoms with Crippen molar-refractivity contribution in [1.29, 1.82) is 0 Å². The number of nitrogens with one attached hydrogen (secondary N) is 1. The van der Waals surface area contributed by atoms with Gasteiger partial charge in [-0.1, -0.05) is 74.5 Å². The maximum Gasteiger partial charge on any atom is 0.408 e. The Kier molecular flexibility index (Phi) is 5.21. The lowest BCUT2D eigenvalue weighted by Gasteiger charge is -2.36. The van der Waals surface area contributed by atoms with Crippen LogP contribution in [0.4, 0.5) is 4.79 Å². The van der Waals surface area contributed by atoms with Gasteiger partial charge >= 0.3 is 6.09 Å². The third kappa shape index (κ3) is 3.48. The van der Waals surface area contributed by atoms with Gasteiger partial charge in [0.1, 0.15) is 0 Å². The van der Waals surface area contributed by atoms with Crippen molar-refractivity contribution in [2.75, 3.05) is 7.05 Å². The Balaban J connectivity index is 2.60. The van der Waals surface area contributed by atoms with Gasteiger partial charge in [0.25, 0.3) is 0 Å². The lowest BCUT2D eigenvalue weighted by Crippen LogP contribution is -2.38. The van der Waals surface area contributed by atoms with E-state index >= 15 is 0 Å². The number of carbonyl (C=O) groups is 1. The Morgan fingerprint density at radius 3 is 1.82 bits per heavy atom. The summed E-state index contributed by atoms with van der Waals surface area (Å²) in [6.07, 6.45) is 0.294. The minimum atomic E-state index is -0.781. The number of amides is 1. The molecule has 0 aliphatic rings. The van der Waals surface area contributed by atoms with Crippen LogP contribution < -0.4 is 5.32 Å². The number of hydrogen-bond donors (Lipinski definition) is 1. The first-order valence-corrected chi connectivity index (χ1v) is 7.60. The Morgan fingerprint density at radius 2 is 1.45 bits per heavy atom. The molecule has 0 spiro atoms. The molecule has 0 radical (unpaired) electrons. The van der Waals surface area contributed by atoms with E-state index in [-0.39, 0.29) is 0 Å². The minimum absolute atomic E-state index is 0.366. The molecule has 0 aliphatic carbocycles. The zero-order valence-electron chi connectivity index (χ0n) is 13.4. The maximum atomic E-state index is 12.0. The van der Waals surface area contributed by atoms with Crippen LogP contribution in [0.3, 0.4) is 0 Å². The van der Waals surface area contributed by atoms with Gasteiger partial charge in [-0.25, -0.2) is 4.79 Å². The molecule has 0 aromatic heterocycles. The van der Waals surface area contributed by atoms with Crippen LogP contribution in [-0.2, 0) is 10.3 Å². The molecule has 2 aromatic carbocycles. The number of rotatable bonds is 5. The van der Waals surface area contributed by atoms with E-state index in [2.05, 4.69) is 19.2 Å². The second-order valence-electron chi connectivity index (χ2n) is 5.80. The van der Waals surface area contributed by atoms with Crippen molar-refractivity contribution < 1.29 is 9.53 Å². The van der Waals surface area contributed by atoms with Crippen molar-refractivity contribution in [3.63, 3.8) is 0 Å². The van der Waals surface area contributed by atoms with Gasteiger partial charge in [0, 0.05) is 18.2 Å². The summed E-state index contributed by atoms with van der Waals surface area (Å²) in [7, 11) is 1.58. The quantitative estimate of drug-likeness (QED) is 0.892. The Bertz CT molecular complexity index is 554. The summed E-state index contributed by atoms with van der Waals surface area (Å²) >= 11 is 0. The molecule has 3 nitrogen and oxygen atoms in total. The van der Waals surface area contributed by atoms with Gasteiger partial charge in [0.05, 0.1) is 0 Å². The number of alkyl carbamates (subject to hydrolysis) is 1. The highest BCUT2D eigenvalue weighted by atomic mass is 16.6. The number of benzene rings is 2. The first-order chi connectivity index (χ1) is 10.6. The molecule has 0 fully saturated rings. The highest BCUT2D eigenvalue weighted by Crippen LogP contribution is 2.39. The maximum absolute atomic E-state index is 12.0. The first kappa shape index (κ1) is 16.1. The largest absolute Gasteiger partial charge is 0.433 e. The standard InChI is InChI=1S/C19H23NO2/c1-15(2)14-19(22-18(21)20-3,16-10-6-4-7-11-16)17-12-8-5-9-13-17/h4-13,15H,14H2,1-3H3,(H,20,21). The van der Waals surface area contributed by atoms with E-state index in [1.165, 1.54) is 0 Å². The fraction of sp³-hybridized carbons (Fsp3) is 0.316. The highest BCUT2D eigenvalue weighted by molar-refractivity contribution is 5.68. The molecule has 0 saturated heterocycles. The van der Waals surface area contributed by atoms with Crippen LogP contribution in [0.5, 0.6) is 0 Å². The normalized spacial score (nSPS) is 11.3. The lowest BCUT2D eigenvalue weighted by molar-refractivity contribution is 0.0243. The number of ether oxygens (including phenoxy) is 1. The van der Waals surface area contributed by atoms with Crippen molar-refractivity contribution in [2.24, 2.45) is 5.92 Å². The van der Waals surface area contributed by atoms with Crippen LogP contribution in [0, 0.1) is 5.92 Å². The van der Waals surface area contributed by atoms with Crippen LogP contribution in [0.15, 0.2) is 60.7 Å². The summed E-state index contributed by atoms with van der Waals surface area (Å²) in [4.78, 5) is 12.0. The van der Waals surface area contributed by atoms with Crippen LogP contribution >= 0.6 is 0 Å². The van der Waals surface area contributed by atoms with Crippen molar-refractivity contribution in [2.45, 2.75) is 25.9 Å². The van der Waals surface area contributed by atoms with Crippen molar-refractivity contribution in [3.05, 3.63) is 71.8 Å². The molecule has 0 aliphatic heterocycles. The monoisotopic (exact) mass is 297 g/mol. The molecule has 1 N–H and O–H groups in total. The summed E-state index contributed by atoms with van der Waals surface area (Å²) in [5, 5.41) is 2.57. The van der Waals surface area contributed by atoms with Crippen molar-refractivity contribution in [1.82, 2.24) is 5.32 Å². The van der Waals surface area contributed by atoms with Crippen LogP contribution in [0.2, 0.25) is 0 Å². The van der Waals surface area contributed by atoms with E-state index in [4.69, 9.17) is 4.74 Å². The molecule has 3 heteroatoms. The molecule has 0 saturated carbocycles. The summed E-state index contributed by atoms with van der Waals surface area (Å²) in [6.45, 7) is 4.27. The van der Waals surface area contributed by atoms with Gasteiger partial charge in [-0.05, 0) is 12.3 Å².